The molecule has 96 valence electrons. The van der Waals surface area contributed by atoms with E-state index in [1.807, 2.05) is 42.3 Å². The van der Waals surface area contributed by atoms with Gasteiger partial charge in [0.15, 0.2) is 0 Å². The number of halogens is 1. The van der Waals surface area contributed by atoms with Crippen LogP contribution in [0.5, 0.6) is 0 Å². The summed E-state index contributed by atoms with van der Waals surface area (Å²) in [7, 11) is 1.90. The Morgan fingerprint density at radius 1 is 1.32 bits per heavy atom. The second-order valence-electron chi connectivity index (χ2n) is 4.29. The molecule has 3 aromatic rings. The van der Waals surface area contributed by atoms with Gasteiger partial charge >= 0.3 is 0 Å². The minimum Gasteiger partial charge on any atom is -0.373 e. The van der Waals surface area contributed by atoms with Crippen LogP contribution in [-0.4, -0.2) is 21.8 Å². The van der Waals surface area contributed by atoms with Crippen LogP contribution < -0.4 is 5.32 Å². The number of benzene rings is 1. The lowest BCUT2D eigenvalue weighted by molar-refractivity contribution is 0.686. The highest BCUT2D eigenvalue weighted by Gasteiger charge is 2.07. The minimum absolute atomic E-state index is 0.719. The number of nitrogens with zero attached hydrogens (tertiary/aromatic N) is 3. The van der Waals surface area contributed by atoms with Crippen LogP contribution in [0.4, 0.5) is 5.82 Å². The molecule has 1 N–H and O–H groups in total. The summed E-state index contributed by atoms with van der Waals surface area (Å²) in [5.41, 5.74) is 2.14. The highest BCUT2D eigenvalue weighted by molar-refractivity contribution is 14.1. The van der Waals surface area contributed by atoms with Crippen LogP contribution in [0.3, 0.4) is 0 Å². The Bertz CT molecular complexity index is 720. The lowest BCUT2D eigenvalue weighted by Crippen LogP contribution is -2.05. The van der Waals surface area contributed by atoms with Crippen LogP contribution in [-0.2, 0) is 6.54 Å². The second-order valence-corrected chi connectivity index (χ2v) is 5.54. The third-order valence-electron chi connectivity index (χ3n) is 2.97. The van der Waals surface area contributed by atoms with E-state index in [1.54, 1.807) is 0 Å². The zero-order chi connectivity index (χ0) is 13.2. The standard InChI is InChI=1S/C14H13IN4/c1-16-14-11(8-19-9-12(15)7-17-19)6-10-4-2-3-5-13(10)18-14/h2-7,9H,8H2,1H3,(H,16,18). The van der Waals surface area contributed by atoms with E-state index in [2.05, 4.69) is 50.1 Å². The number of nitrogens with one attached hydrogen (secondary N) is 1. The molecule has 1 aromatic carbocycles. The average Bonchev–Trinajstić information content (AvgIpc) is 2.83. The Balaban J connectivity index is 2.05. The van der Waals surface area contributed by atoms with Crippen molar-refractivity contribution in [2.24, 2.45) is 0 Å². The Morgan fingerprint density at radius 2 is 2.16 bits per heavy atom. The van der Waals surface area contributed by atoms with Crippen molar-refractivity contribution in [2.75, 3.05) is 12.4 Å². The second kappa shape index (κ2) is 5.16. The molecule has 0 saturated carbocycles. The molecule has 0 bridgehead atoms. The summed E-state index contributed by atoms with van der Waals surface area (Å²) < 4.78 is 3.06. The van der Waals surface area contributed by atoms with Gasteiger partial charge < -0.3 is 5.32 Å². The van der Waals surface area contributed by atoms with Gasteiger partial charge in [0.2, 0.25) is 0 Å². The molecular formula is C14H13IN4. The van der Waals surface area contributed by atoms with Crippen molar-refractivity contribution in [3.63, 3.8) is 0 Å². The SMILES string of the molecule is CNc1nc2ccccc2cc1Cn1cc(I)cn1. The van der Waals surface area contributed by atoms with Gasteiger partial charge in [-0.3, -0.25) is 4.68 Å². The fourth-order valence-corrected chi connectivity index (χ4v) is 2.54. The summed E-state index contributed by atoms with van der Waals surface area (Å²) in [6.07, 6.45) is 3.88. The number of hydrogen-bond donors (Lipinski definition) is 1. The summed E-state index contributed by atoms with van der Waals surface area (Å²) in [5.74, 6) is 0.907. The molecule has 0 aliphatic rings. The normalized spacial score (nSPS) is 10.8. The summed E-state index contributed by atoms with van der Waals surface area (Å²) in [5, 5.41) is 8.63. The van der Waals surface area contributed by atoms with Crippen molar-refractivity contribution in [3.8, 4) is 0 Å². The van der Waals surface area contributed by atoms with Crippen LogP contribution in [0.15, 0.2) is 42.7 Å². The van der Waals surface area contributed by atoms with E-state index in [4.69, 9.17) is 0 Å². The van der Waals surface area contributed by atoms with Crippen LogP contribution in [0.2, 0.25) is 0 Å². The predicted octanol–water partition coefficient (Wildman–Crippen LogP) is 3.13. The van der Waals surface area contributed by atoms with Gasteiger partial charge in [-0.25, -0.2) is 4.98 Å². The lowest BCUT2D eigenvalue weighted by atomic mass is 10.1. The van der Waals surface area contributed by atoms with E-state index in [-0.39, 0.29) is 0 Å². The fourth-order valence-electron chi connectivity index (χ4n) is 2.10. The van der Waals surface area contributed by atoms with Crippen molar-refractivity contribution in [1.82, 2.24) is 14.8 Å². The zero-order valence-electron chi connectivity index (χ0n) is 10.5. The molecular weight excluding hydrogens is 351 g/mol. The molecule has 0 amide bonds. The van der Waals surface area contributed by atoms with Crippen molar-refractivity contribution in [2.45, 2.75) is 6.54 Å². The van der Waals surface area contributed by atoms with E-state index >= 15 is 0 Å². The summed E-state index contributed by atoms with van der Waals surface area (Å²) in [4.78, 5) is 4.64. The number of anilines is 1. The number of hydrogen-bond acceptors (Lipinski definition) is 3. The molecule has 3 rings (SSSR count). The van der Waals surface area contributed by atoms with Gasteiger partial charge in [0.05, 0.1) is 21.8 Å². The Hall–Kier alpha value is -1.63. The molecule has 4 nitrogen and oxygen atoms in total. The summed E-state index contributed by atoms with van der Waals surface area (Å²) in [6.45, 7) is 0.719. The van der Waals surface area contributed by atoms with Crippen molar-refractivity contribution >= 4 is 39.3 Å². The maximum atomic E-state index is 4.64. The van der Waals surface area contributed by atoms with E-state index < -0.39 is 0 Å². The molecule has 0 saturated heterocycles. The van der Waals surface area contributed by atoms with Crippen LogP contribution in [0, 0.1) is 3.57 Å². The highest BCUT2D eigenvalue weighted by Crippen LogP contribution is 2.21. The van der Waals surface area contributed by atoms with Crippen molar-refractivity contribution < 1.29 is 0 Å². The van der Waals surface area contributed by atoms with E-state index in [1.165, 1.54) is 0 Å². The molecule has 0 radical (unpaired) electrons. The minimum atomic E-state index is 0.719. The fraction of sp³-hybridized carbons (Fsp3) is 0.143. The molecule has 0 aliphatic heterocycles. The van der Waals surface area contributed by atoms with E-state index in [0.717, 1.165) is 32.4 Å². The first-order chi connectivity index (χ1) is 9.26. The molecule has 19 heavy (non-hydrogen) atoms. The molecule has 2 aromatic heterocycles. The molecule has 2 heterocycles. The number of fused-ring (bicyclic) bond motifs is 1. The Kier molecular flexibility index (Phi) is 3.37. The van der Waals surface area contributed by atoms with E-state index in [9.17, 15) is 0 Å². The van der Waals surface area contributed by atoms with Gasteiger partial charge in [-0.1, -0.05) is 18.2 Å². The van der Waals surface area contributed by atoms with Gasteiger partial charge in [-0.05, 0) is 34.7 Å². The molecule has 0 spiro atoms. The molecule has 0 fully saturated rings. The number of pyridine rings is 1. The van der Waals surface area contributed by atoms with Gasteiger partial charge in [0.25, 0.3) is 0 Å². The molecule has 0 aliphatic carbocycles. The van der Waals surface area contributed by atoms with Crippen LogP contribution in [0.1, 0.15) is 5.56 Å². The van der Waals surface area contributed by atoms with Gasteiger partial charge in [-0.2, -0.15) is 5.10 Å². The molecule has 5 heteroatoms. The molecule has 0 unspecified atom stereocenters. The number of para-hydroxylation sites is 1. The third kappa shape index (κ3) is 2.56. The average molecular weight is 364 g/mol. The first-order valence-corrected chi connectivity index (χ1v) is 7.08. The zero-order valence-corrected chi connectivity index (χ0v) is 12.6. The van der Waals surface area contributed by atoms with Crippen LogP contribution in [0.25, 0.3) is 10.9 Å². The predicted molar refractivity (Wildman–Crippen MR) is 85.3 cm³/mol. The van der Waals surface area contributed by atoms with Gasteiger partial charge in [-0.15, -0.1) is 0 Å². The number of rotatable bonds is 3. The largest absolute Gasteiger partial charge is 0.373 e. The topological polar surface area (TPSA) is 42.7 Å². The Morgan fingerprint density at radius 3 is 2.89 bits per heavy atom. The smallest absolute Gasteiger partial charge is 0.131 e. The van der Waals surface area contributed by atoms with Gasteiger partial charge in [0.1, 0.15) is 5.82 Å². The molecule has 0 atom stereocenters. The van der Waals surface area contributed by atoms with Crippen molar-refractivity contribution in [1.29, 1.82) is 0 Å². The Labute approximate surface area is 125 Å². The van der Waals surface area contributed by atoms with E-state index in [0.29, 0.717) is 0 Å². The van der Waals surface area contributed by atoms with Gasteiger partial charge in [0, 0.05) is 24.2 Å². The third-order valence-corrected chi connectivity index (χ3v) is 3.53. The summed E-state index contributed by atoms with van der Waals surface area (Å²) in [6, 6.07) is 10.3. The highest BCUT2D eigenvalue weighted by atomic mass is 127. The first kappa shape index (κ1) is 12.4. The van der Waals surface area contributed by atoms with Crippen LogP contribution >= 0.6 is 22.6 Å². The maximum absolute atomic E-state index is 4.64. The lowest BCUT2D eigenvalue weighted by Gasteiger charge is -2.10. The summed E-state index contributed by atoms with van der Waals surface area (Å²) >= 11 is 2.26. The first-order valence-electron chi connectivity index (χ1n) is 6.00. The quantitative estimate of drug-likeness (QED) is 0.727. The maximum Gasteiger partial charge on any atom is 0.131 e. The van der Waals surface area contributed by atoms with Crippen molar-refractivity contribution in [3.05, 3.63) is 51.9 Å². The monoisotopic (exact) mass is 364 g/mol. The number of aromatic nitrogens is 3.